The molecule has 6 N–H and O–H groups in total. The van der Waals surface area contributed by atoms with Crippen LogP contribution in [-0.4, -0.2) is 122 Å². The SMILES string of the molecule is COC1/C=C\OC2(C)Oc3c(C)c(O)c4c(O)c(c(C=NN5CC(C)N(Cc6ccccc6)CC5C)c(O)c4c3C2=O)NC(=O)/C(C)=C\C=C/C(C)C(O)C(C)C(O)C(C)C(OC(C)=O)C1C. The van der Waals surface area contributed by atoms with Crippen molar-refractivity contribution in [3.8, 4) is 23.0 Å². The van der Waals surface area contributed by atoms with Gasteiger partial charge in [-0.25, -0.2) is 0 Å². The number of Topliss-reactive ketones (excluding diaryl/α,β-unsaturated/α-hetero) is 1. The molecular weight excluding hydrogens is 861 g/mol. The van der Waals surface area contributed by atoms with E-state index in [-0.39, 0.29) is 56.6 Å². The van der Waals surface area contributed by atoms with E-state index in [2.05, 4.69) is 29.3 Å². The summed E-state index contributed by atoms with van der Waals surface area (Å²) in [6, 6.07) is 10.1. The van der Waals surface area contributed by atoms with Gasteiger partial charge in [0.15, 0.2) is 5.75 Å². The molecule has 3 aromatic carbocycles. The Balaban J connectivity index is 1.48. The summed E-state index contributed by atoms with van der Waals surface area (Å²) in [5.41, 5.74) is 0.786. The first-order chi connectivity index (χ1) is 31.6. The molecule has 4 aliphatic rings. The van der Waals surface area contributed by atoms with Crippen molar-refractivity contribution in [3.05, 3.63) is 88.7 Å². The minimum atomic E-state index is -2.07. The fraction of sp³-hybridized carbons (Fsp3) is 0.490. The number of esters is 1. The molecule has 362 valence electrons. The maximum atomic E-state index is 14.6. The molecule has 67 heavy (non-hydrogen) atoms. The second-order valence-electron chi connectivity index (χ2n) is 18.6. The number of aliphatic hydroxyl groups is 2. The Bertz CT molecular complexity index is 2470. The number of fused-ring (bicyclic) bond motifs is 14. The van der Waals surface area contributed by atoms with E-state index in [0.29, 0.717) is 13.1 Å². The third-order valence-corrected chi connectivity index (χ3v) is 13.7. The third kappa shape index (κ3) is 10.2. The van der Waals surface area contributed by atoms with Crippen molar-refractivity contribution in [2.45, 2.75) is 118 Å². The normalized spacial score (nSPS) is 31.8. The fourth-order valence-electron chi connectivity index (χ4n) is 9.38. The van der Waals surface area contributed by atoms with Crippen LogP contribution in [0.2, 0.25) is 0 Å². The summed E-state index contributed by atoms with van der Waals surface area (Å²) in [4.78, 5) is 43.4. The zero-order valence-electron chi connectivity index (χ0n) is 40.2. The minimum absolute atomic E-state index is 0.0502. The second kappa shape index (κ2) is 20.5. The Morgan fingerprint density at radius 1 is 0.910 bits per heavy atom. The van der Waals surface area contributed by atoms with E-state index in [1.165, 1.54) is 65.0 Å². The number of phenols is 3. The van der Waals surface area contributed by atoms with Crippen LogP contribution in [0.3, 0.4) is 0 Å². The predicted molar refractivity (Wildman–Crippen MR) is 254 cm³/mol. The Labute approximate surface area is 392 Å². The van der Waals surface area contributed by atoms with Crippen molar-refractivity contribution in [1.29, 1.82) is 0 Å². The lowest BCUT2D eigenvalue weighted by atomic mass is 9.78. The first-order valence-corrected chi connectivity index (χ1v) is 22.8. The number of nitrogens with one attached hydrogen (secondary N) is 1. The lowest BCUT2D eigenvalue weighted by Crippen LogP contribution is -2.54. The van der Waals surface area contributed by atoms with Crippen LogP contribution in [0.25, 0.3) is 10.8 Å². The molecule has 4 aliphatic heterocycles. The number of phenolic OH excluding ortho intramolecular Hbond substituents is 3. The number of carbonyl (C=O) groups excluding carboxylic acids is 3. The number of ketones is 1. The molecule has 4 heterocycles. The van der Waals surface area contributed by atoms with E-state index in [0.717, 1.165) is 6.54 Å². The molecule has 16 nitrogen and oxygen atoms in total. The highest BCUT2D eigenvalue weighted by Gasteiger charge is 2.50. The van der Waals surface area contributed by atoms with E-state index in [4.69, 9.17) is 24.0 Å². The molecule has 11 atom stereocenters. The summed E-state index contributed by atoms with van der Waals surface area (Å²) < 4.78 is 23.8. The number of amides is 1. The van der Waals surface area contributed by atoms with Gasteiger partial charge in [0.1, 0.15) is 23.4 Å². The van der Waals surface area contributed by atoms with E-state index < -0.39 is 88.8 Å². The first kappa shape index (κ1) is 50.5. The second-order valence-corrected chi connectivity index (χ2v) is 18.6. The molecule has 0 aromatic heterocycles. The van der Waals surface area contributed by atoms with E-state index >= 15 is 0 Å². The van der Waals surface area contributed by atoms with Crippen LogP contribution < -0.4 is 10.1 Å². The number of ether oxygens (including phenoxy) is 4. The number of rotatable bonds is 6. The van der Waals surface area contributed by atoms with E-state index in [1.807, 2.05) is 30.1 Å². The van der Waals surface area contributed by atoms with Gasteiger partial charge in [0, 0.05) is 80.3 Å². The van der Waals surface area contributed by atoms with Gasteiger partial charge in [-0.15, -0.1) is 0 Å². The maximum Gasteiger partial charge on any atom is 0.312 e. The van der Waals surface area contributed by atoms with Gasteiger partial charge < -0.3 is 49.8 Å². The number of hydrogen-bond acceptors (Lipinski definition) is 15. The van der Waals surface area contributed by atoms with Crippen molar-refractivity contribution in [2.24, 2.45) is 28.8 Å². The molecule has 0 spiro atoms. The highest BCUT2D eigenvalue weighted by molar-refractivity contribution is 6.23. The van der Waals surface area contributed by atoms with Gasteiger partial charge in [0.25, 0.3) is 11.7 Å². The van der Waals surface area contributed by atoms with Crippen LogP contribution in [0, 0.1) is 30.6 Å². The number of hydrogen-bond donors (Lipinski definition) is 6. The summed E-state index contributed by atoms with van der Waals surface area (Å²) in [6.07, 6.45) is 4.88. The summed E-state index contributed by atoms with van der Waals surface area (Å²) in [7, 11) is 1.44. The maximum absolute atomic E-state index is 14.6. The predicted octanol–water partition coefficient (Wildman–Crippen LogP) is 6.68. The molecule has 0 aliphatic carbocycles. The number of methoxy groups -OCH3 is 1. The first-order valence-electron chi connectivity index (χ1n) is 22.8. The number of aromatic hydroxyl groups is 3. The van der Waals surface area contributed by atoms with Crippen LogP contribution in [0.4, 0.5) is 5.69 Å². The molecule has 0 saturated carbocycles. The monoisotopic (exact) mass is 926 g/mol. The highest BCUT2D eigenvalue weighted by atomic mass is 16.7. The minimum Gasteiger partial charge on any atom is -0.507 e. The van der Waals surface area contributed by atoms with Gasteiger partial charge in [-0.2, -0.15) is 5.10 Å². The fourth-order valence-corrected chi connectivity index (χ4v) is 9.38. The Kier molecular flexibility index (Phi) is 15.5. The van der Waals surface area contributed by atoms with Crippen LogP contribution in [0.15, 0.2) is 71.6 Å². The van der Waals surface area contributed by atoms with E-state index in [1.54, 1.807) is 39.8 Å². The van der Waals surface area contributed by atoms with Gasteiger partial charge in [-0.05, 0) is 39.3 Å². The molecule has 1 saturated heterocycles. The summed E-state index contributed by atoms with van der Waals surface area (Å²) >= 11 is 0. The highest BCUT2D eigenvalue weighted by Crippen LogP contribution is 2.55. The van der Waals surface area contributed by atoms with Gasteiger partial charge >= 0.3 is 11.8 Å². The molecule has 1 fully saturated rings. The van der Waals surface area contributed by atoms with Crippen molar-refractivity contribution in [2.75, 3.05) is 25.5 Å². The summed E-state index contributed by atoms with van der Waals surface area (Å²) in [5.74, 6) is -8.46. The topological polar surface area (TPSA) is 220 Å². The Morgan fingerprint density at radius 2 is 1.60 bits per heavy atom. The number of allylic oxidation sites excluding steroid dienone is 2. The third-order valence-electron chi connectivity index (χ3n) is 13.7. The standard InChI is InChI=1S/C51H66N4O12/c1-26-16-15-17-27(2)50(63)53-41-36(22-52-55-24-28(3)54(23-29(55)4)25-35-18-13-12-14-19-35)45(60)38-39(46(41)61)44(59)33(8)48-40(38)49(62)51(10,67-48)65-21-20-37(64-11)30(5)47(66-34(9)56)32(7)43(58)31(6)42(26)57/h12-22,26,28-32,37,42-43,47,57-61H,23-25H2,1-11H3,(H,53,63)/b16-15-,21-20-,27-17-,52-22?. The number of benzene rings is 3. The lowest BCUT2D eigenvalue weighted by molar-refractivity contribution is -0.160. The number of carbonyl (C=O) groups is 3. The van der Waals surface area contributed by atoms with Crippen LogP contribution in [-0.2, 0) is 30.3 Å². The summed E-state index contributed by atoms with van der Waals surface area (Å²) in [5, 5.41) is 68.1. The average Bonchev–Trinajstić information content (AvgIpc) is 3.56. The largest absolute Gasteiger partial charge is 0.507 e. The number of anilines is 1. The van der Waals surface area contributed by atoms with Crippen molar-refractivity contribution in [3.63, 3.8) is 0 Å². The number of aliphatic hydroxyl groups excluding tert-OH is 2. The molecular formula is C51H66N4O12. The molecule has 16 heteroatoms. The molecule has 11 unspecified atom stereocenters. The zero-order valence-corrected chi connectivity index (χ0v) is 40.2. The number of hydrazone groups is 1. The van der Waals surface area contributed by atoms with Gasteiger partial charge in [-0.1, -0.05) is 76.3 Å². The van der Waals surface area contributed by atoms with Crippen molar-refractivity contribution >= 4 is 40.3 Å². The van der Waals surface area contributed by atoms with E-state index in [9.17, 15) is 39.9 Å². The molecule has 3 aromatic rings. The summed E-state index contributed by atoms with van der Waals surface area (Å²) in [6.45, 7) is 18.6. The van der Waals surface area contributed by atoms with Crippen LogP contribution >= 0.6 is 0 Å². The molecule has 7 rings (SSSR count). The van der Waals surface area contributed by atoms with Gasteiger partial charge in [0.2, 0.25) is 0 Å². The molecule has 5 bridgehead atoms. The van der Waals surface area contributed by atoms with Gasteiger partial charge in [0.05, 0.1) is 65.6 Å². The molecule has 1 amide bonds. The lowest BCUT2D eigenvalue weighted by Gasteiger charge is -2.42. The van der Waals surface area contributed by atoms with Crippen molar-refractivity contribution < 1.29 is 58.9 Å². The average molecular weight is 927 g/mol. The van der Waals surface area contributed by atoms with Crippen LogP contribution in [0.1, 0.15) is 89.4 Å². The quantitative estimate of drug-likeness (QED) is 0.0658. The number of piperazine rings is 1. The van der Waals surface area contributed by atoms with Crippen LogP contribution in [0.5, 0.6) is 23.0 Å². The molecule has 0 radical (unpaired) electrons. The zero-order chi connectivity index (χ0) is 49.2. The number of nitrogens with zero attached hydrogens (tertiary/aromatic N) is 3. The van der Waals surface area contributed by atoms with Crippen molar-refractivity contribution in [1.82, 2.24) is 9.91 Å². The Hall–Kier alpha value is -5.94. The van der Waals surface area contributed by atoms with Gasteiger partial charge in [-0.3, -0.25) is 24.3 Å². The smallest absolute Gasteiger partial charge is 0.312 e. The Morgan fingerprint density at radius 3 is 2.25 bits per heavy atom.